The highest BCUT2D eigenvalue weighted by Crippen LogP contribution is 2.20. The van der Waals surface area contributed by atoms with Crippen LogP contribution in [-0.4, -0.2) is 179 Å². The smallest absolute Gasteiger partial charge is 0.326 e. The van der Waals surface area contributed by atoms with Gasteiger partial charge in [-0.25, -0.2) is 9.78 Å². The van der Waals surface area contributed by atoms with Crippen molar-refractivity contribution < 1.29 is 73.5 Å². The fraction of sp³-hybridized carbons (Fsp3) is 0.580. The van der Waals surface area contributed by atoms with Crippen LogP contribution in [0.4, 0.5) is 0 Å². The molecule has 28 heteroatoms. The number of carboxylic acid groups (broad SMARTS) is 2. The van der Waals surface area contributed by atoms with Gasteiger partial charge in [-0.1, -0.05) is 52.3 Å². The van der Waals surface area contributed by atoms with Crippen LogP contribution in [0, 0.1) is 11.8 Å². The molecular weight excluding hydrogens is 1020 g/mol. The number of carbonyl (C=O) groups is 10. The van der Waals surface area contributed by atoms with Crippen LogP contribution in [0.15, 0.2) is 43.0 Å². The third-order valence-electron chi connectivity index (χ3n) is 12.9. The molecule has 1 aromatic carbocycles. The van der Waals surface area contributed by atoms with E-state index >= 15 is 0 Å². The molecular formula is C50H77N13O15. The summed E-state index contributed by atoms with van der Waals surface area (Å²) in [4.78, 5) is 143. The number of rotatable bonds is 34. The lowest BCUT2D eigenvalue weighted by Gasteiger charge is -2.29. The molecule has 78 heavy (non-hydrogen) atoms. The van der Waals surface area contributed by atoms with Crippen LogP contribution >= 0.6 is 0 Å². The van der Waals surface area contributed by atoms with Gasteiger partial charge in [-0.05, 0) is 69.5 Å². The lowest BCUT2D eigenvalue weighted by atomic mass is 9.96. The summed E-state index contributed by atoms with van der Waals surface area (Å²) in [6.45, 7) is 7.99. The van der Waals surface area contributed by atoms with E-state index in [1.807, 2.05) is 0 Å². The number of unbranched alkanes of at least 4 members (excludes halogenated alkanes) is 1. The Morgan fingerprint density at radius 1 is 0.615 bits per heavy atom. The molecule has 0 fully saturated rings. The number of benzene rings is 1. The monoisotopic (exact) mass is 1100 g/mol. The number of para-hydroxylation sites is 1. The average Bonchev–Trinajstić information content (AvgIpc) is 4.07. The second-order valence-electron chi connectivity index (χ2n) is 19.5. The normalized spacial score (nSPS) is 16.0. The zero-order chi connectivity index (χ0) is 58.4. The minimum atomic E-state index is -1.86. The van der Waals surface area contributed by atoms with Gasteiger partial charge in [0.2, 0.25) is 47.3 Å². The summed E-state index contributed by atoms with van der Waals surface area (Å²) >= 11 is 0. The Morgan fingerprint density at radius 2 is 1.13 bits per heavy atom. The lowest BCUT2D eigenvalue weighted by Crippen LogP contribution is -2.63. The van der Waals surface area contributed by atoms with E-state index in [0.29, 0.717) is 35.7 Å². The van der Waals surface area contributed by atoms with Crippen molar-refractivity contribution in [2.24, 2.45) is 23.3 Å². The molecule has 0 spiro atoms. The highest BCUT2D eigenvalue weighted by atomic mass is 16.4. The number of nitrogens with one attached hydrogen (secondary N) is 10. The van der Waals surface area contributed by atoms with Gasteiger partial charge in [-0.15, -0.1) is 0 Å². The molecule has 3 aromatic rings. The van der Waals surface area contributed by atoms with Crippen molar-refractivity contribution in [2.45, 2.75) is 159 Å². The maximum atomic E-state index is 14.4. The second-order valence-corrected chi connectivity index (χ2v) is 19.5. The highest BCUT2D eigenvalue weighted by Gasteiger charge is 2.38. The molecule has 0 aliphatic heterocycles. The number of amides is 8. The molecule has 432 valence electrons. The van der Waals surface area contributed by atoms with Crippen LogP contribution in [0.2, 0.25) is 0 Å². The number of imidazole rings is 1. The third-order valence-corrected chi connectivity index (χ3v) is 12.9. The molecule has 19 N–H and O–H groups in total. The van der Waals surface area contributed by atoms with Gasteiger partial charge in [0.15, 0.2) is 0 Å². The number of nitrogens with two attached hydrogens (primary N) is 2. The Bertz CT molecular complexity index is 2500. The quantitative estimate of drug-likeness (QED) is 0.0257. The van der Waals surface area contributed by atoms with E-state index in [1.165, 1.54) is 12.5 Å². The van der Waals surface area contributed by atoms with Crippen molar-refractivity contribution in [3.8, 4) is 0 Å². The van der Waals surface area contributed by atoms with Crippen LogP contribution in [0.25, 0.3) is 10.9 Å². The average molecular weight is 1100 g/mol. The number of aromatic nitrogens is 3. The number of H-pyrrole nitrogens is 2. The molecule has 8 amide bonds. The van der Waals surface area contributed by atoms with E-state index in [9.17, 15) is 68.4 Å². The predicted molar refractivity (Wildman–Crippen MR) is 280 cm³/mol. The van der Waals surface area contributed by atoms with Gasteiger partial charge < -0.3 is 89.5 Å². The molecule has 0 saturated heterocycles. The maximum Gasteiger partial charge on any atom is 0.326 e. The summed E-state index contributed by atoms with van der Waals surface area (Å²) < 4.78 is 0. The van der Waals surface area contributed by atoms with Crippen molar-refractivity contribution in [1.82, 2.24) is 57.5 Å². The fourth-order valence-corrected chi connectivity index (χ4v) is 8.03. The summed E-state index contributed by atoms with van der Waals surface area (Å²) in [7, 11) is 0. The lowest BCUT2D eigenvalue weighted by molar-refractivity contribution is -0.143. The van der Waals surface area contributed by atoms with E-state index in [1.54, 1.807) is 58.2 Å². The molecule has 0 bridgehead atoms. The Hall–Kier alpha value is -7.53. The number of aliphatic carboxylic acids is 2. The van der Waals surface area contributed by atoms with E-state index in [4.69, 9.17) is 16.6 Å². The Kier molecular flexibility index (Phi) is 26.3. The largest absolute Gasteiger partial charge is 0.481 e. The zero-order valence-corrected chi connectivity index (χ0v) is 44.5. The number of fused-ring (bicyclic) bond motifs is 1. The van der Waals surface area contributed by atoms with Gasteiger partial charge in [-0.3, -0.25) is 43.2 Å². The SMILES string of the molecule is CC[C@H](C)[C@H](NC(=O)[C@@H](N)CCC(=O)O)C(=O)N[C@@H](Cc1c[nH]c2ccccc12)C(=O)N[C@H](C(=O)N[C@@H](Cc1cnc[nH]1)C(=O)N[C@@H](CO)C(=O)N[C@H](C(=O)N[C@@H](CCCCN)C(=O)N[C@H](C(=O)O)C(C)C)[C@@H](C)O)[C@@H](C)O. The minimum Gasteiger partial charge on any atom is -0.481 e. The van der Waals surface area contributed by atoms with Gasteiger partial charge in [0.25, 0.3) is 0 Å². The van der Waals surface area contributed by atoms with Crippen LogP contribution in [0.5, 0.6) is 0 Å². The molecule has 2 aromatic heterocycles. The van der Waals surface area contributed by atoms with Crippen molar-refractivity contribution in [3.05, 3.63) is 54.2 Å². The topological polar surface area (TPSA) is 465 Å². The fourth-order valence-electron chi connectivity index (χ4n) is 8.03. The summed E-state index contributed by atoms with van der Waals surface area (Å²) in [5.74, 6) is -11.6. The molecule has 12 atom stereocenters. The van der Waals surface area contributed by atoms with Crippen LogP contribution in [-0.2, 0) is 60.8 Å². The molecule has 0 aliphatic carbocycles. The van der Waals surface area contributed by atoms with Crippen LogP contribution in [0.1, 0.15) is 91.3 Å². The maximum absolute atomic E-state index is 14.4. The summed E-state index contributed by atoms with van der Waals surface area (Å²) in [6.07, 6.45) is 0.799. The number of hydrogen-bond donors (Lipinski definition) is 17. The van der Waals surface area contributed by atoms with E-state index in [0.717, 1.165) is 13.8 Å². The first kappa shape index (κ1) is 64.8. The van der Waals surface area contributed by atoms with Gasteiger partial charge in [0, 0.05) is 48.3 Å². The molecule has 0 radical (unpaired) electrons. The van der Waals surface area contributed by atoms with Gasteiger partial charge in [0.05, 0.1) is 31.2 Å². The van der Waals surface area contributed by atoms with E-state index in [-0.39, 0.29) is 37.9 Å². The number of carbonyl (C=O) groups excluding carboxylic acids is 8. The Morgan fingerprint density at radius 3 is 1.65 bits per heavy atom. The highest BCUT2D eigenvalue weighted by molar-refractivity contribution is 5.99. The predicted octanol–water partition coefficient (Wildman–Crippen LogP) is -3.58. The summed E-state index contributed by atoms with van der Waals surface area (Å²) in [5.41, 5.74) is 13.1. The molecule has 0 unspecified atom stereocenters. The zero-order valence-electron chi connectivity index (χ0n) is 44.5. The third kappa shape index (κ3) is 19.8. The van der Waals surface area contributed by atoms with E-state index in [2.05, 4.69) is 57.5 Å². The number of aliphatic hydroxyl groups excluding tert-OH is 3. The van der Waals surface area contributed by atoms with Crippen LogP contribution < -0.4 is 54.0 Å². The molecule has 28 nitrogen and oxygen atoms in total. The molecule has 0 saturated carbocycles. The first-order valence-corrected chi connectivity index (χ1v) is 25.7. The van der Waals surface area contributed by atoms with Gasteiger partial charge in [0.1, 0.15) is 48.3 Å². The number of hydrogen-bond acceptors (Lipinski definition) is 16. The number of nitrogens with zero attached hydrogens (tertiary/aromatic N) is 1. The van der Waals surface area contributed by atoms with E-state index < -0.39 is 151 Å². The van der Waals surface area contributed by atoms with Crippen LogP contribution in [0.3, 0.4) is 0 Å². The van der Waals surface area contributed by atoms with Crippen molar-refractivity contribution in [1.29, 1.82) is 0 Å². The Labute approximate surface area is 450 Å². The van der Waals surface area contributed by atoms with Crippen molar-refractivity contribution >= 4 is 70.1 Å². The molecule has 3 rings (SSSR count). The molecule has 0 aliphatic rings. The van der Waals surface area contributed by atoms with Crippen molar-refractivity contribution in [2.75, 3.05) is 13.2 Å². The Balaban J connectivity index is 1.90. The second kappa shape index (κ2) is 31.6. The van der Waals surface area contributed by atoms with Gasteiger partial charge >= 0.3 is 11.9 Å². The van der Waals surface area contributed by atoms with Crippen molar-refractivity contribution in [3.63, 3.8) is 0 Å². The number of aromatic amines is 2. The number of carboxylic acids is 2. The standard InChI is InChI=1S/C50H77N13O15/c1-7-25(4)39(61-42(69)31(52)15-16-37(67)68)47(74)57-34(18-28-20-54-32-13-9-8-12-30(28)32)45(72)62-41(27(6)66)49(76)58-35(19-29-21-53-23-55-29)44(71)59-36(22-64)46(73)63-40(26(5)65)48(75)56-33(14-10-11-17-51)43(70)60-38(24(2)3)50(77)78/h8-9,12-13,20-21,23-27,31,33-36,38-41,54,64-66H,7,10-11,14-19,22,51-52H2,1-6H3,(H,53,55)(H,56,75)(H,57,74)(H,58,76)(H,59,71)(H,60,70)(H,61,69)(H,62,72)(H,63,73)(H,67,68)(H,77,78)/t25-,26+,27+,31-,33-,34-,35-,36-,38-,39-,40-,41-/m0/s1. The van der Waals surface area contributed by atoms with Gasteiger partial charge in [-0.2, -0.15) is 0 Å². The first-order chi connectivity index (χ1) is 36.8. The minimum absolute atomic E-state index is 0.00421. The molecule has 2 heterocycles. The number of aliphatic hydroxyl groups is 3. The first-order valence-electron chi connectivity index (χ1n) is 25.7. The summed E-state index contributed by atoms with van der Waals surface area (Å²) in [5, 5.41) is 70.9. The summed E-state index contributed by atoms with van der Waals surface area (Å²) in [6, 6.07) is -6.79.